The molecule has 6 nitrogen and oxygen atoms in total. The summed E-state index contributed by atoms with van der Waals surface area (Å²) >= 11 is 2.79. The fourth-order valence-corrected chi connectivity index (χ4v) is 2.96. The predicted octanol–water partition coefficient (Wildman–Crippen LogP) is 1.62. The van der Waals surface area contributed by atoms with Crippen LogP contribution in [0.2, 0.25) is 0 Å². The van der Waals surface area contributed by atoms with E-state index in [2.05, 4.69) is 16.8 Å². The van der Waals surface area contributed by atoms with E-state index in [1.54, 1.807) is 4.90 Å². The largest absolute Gasteiger partial charge is 0.343 e. The van der Waals surface area contributed by atoms with Crippen LogP contribution >= 0.6 is 23.5 Å². The van der Waals surface area contributed by atoms with Gasteiger partial charge < -0.3 is 10.7 Å². The van der Waals surface area contributed by atoms with Crippen molar-refractivity contribution in [1.82, 2.24) is 19.8 Å². The number of hydrogen-bond acceptors (Lipinski definition) is 6. The molecule has 0 spiro atoms. The number of carbonyl (C=O) groups excluding carboxylic acids is 1. The van der Waals surface area contributed by atoms with Gasteiger partial charge in [0.1, 0.15) is 0 Å². The van der Waals surface area contributed by atoms with Crippen LogP contribution in [0.1, 0.15) is 20.8 Å². The Labute approximate surface area is 128 Å². The average molecular weight is 315 g/mol. The summed E-state index contributed by atoms with van der Waals surface area (Å²) in [6.07, 6.45) is 0. The lowest BCUT2D eigenvalue weighted by Crippen LogP contribution is -2.32. The maximum absolute atomic E-state index is 11.9. The molecule has 0 radical (unpaired) electrons. The van der Waals surface area contributed by atoms with E-state index in [1.807, 2.05) is 20.8 Å². The van der Waals surface area contributed by atoms with E-state index in [9.17, 15) is 4.79 Å². The highest BCUT2D eigenvalue weighted by molar-refractivity contribution is 8.00. The molecule has 1 amide bonds. The summed E-state index contributed by atoms with van der Waals surface area (Å²) < 4.78 is 1.42. The number of thioether (sulfide) groups is 2. The molecule has 0 saturated carbocycles. The van der Waals surface area contributed by atoms with Crippen LogP contribution in [0, 0.1) is 0 Å². The van der Waals surface area contributed by atoms with Gasteiger partial charge in [0.2, 0.25) is 16.2 Å². The normalized spacial score (nSPS) is 10.6. The van der Waals surface area contributed by atoms with Crippen molar-refractivity contribution in [2.45, 2.75) is 31.1 Å². The molecule has 1 aromatic heterocycles. The molecule has 0 aliphatic rings. The Hall–Kier alpha value is -1.15. The van der Waals surface area contributed by atoms with Crippen LogP contribution in [0.25, 0.3) is 0 Å². The molecule has 0 bridgehead atoms. The van der Waals surface area contributed by atoms with Gasteiger partial charge in [-0.1, -0.05) is 35.7 Å². The summed E-state index contributed by atoms with van der Waals surface area (Å²) in [7, 11) is 0. The molecule has 0 unspecified atom stereocenters. The second-order valence-electron chi connectivity index (χ2n) is 4.24. The molecule has 8 heteroatoms. The van der Waals surface area contributed by atoms with Crippen molar-refractivity contribution < 1.29 is 4.79 Å². The second kappa shape index (κ2) is 8.21. The van der Waals surface area contributed by atoms with Crippen LogP contribution in [0.5, 0.6) is 0 Å². The highest BCUT2D eigenvalue weighted by Gasteiger charge is 2.15. The molecule has 0 aromatic carbocycles. The van der Waals surface area contributed by atoms with Crippen molar-refractivity contribution in [3.8, 4) is 0 Å². The van der Waals surface area contributed by atoms with Crippen molar-refractivity contribution in [2.75, 3.05) is 30.4 Å². The highest BCUT2D eigenvalue weighted by Crippen LogP contribution is 2.22. The van der Waals surface area contributed by atoms with Gasteiger partial charge in [-0.3, -0.25) is 4.79 Å². The van der Waals surface area contributed by atoms with Gasteiger partial charge in [0.25, 0.3) is 0 Å². The number of hydrogen-bond donors (Lipinski definition) is 1. The summed E-state index contributed by atoms with van der Waals surface area (Å²) in [6.45, 7) is 11.1. The molecule has 0 aliphatic heterocycles. The molecule has 0 atom stereocenters. The first-order valence-corrected chi connectivity index (χ1v) is 8.34. The highest BCUT2D eigenvalue weighted by atomic mass is 32.2. The first kappa shape index (κ1) is 16.9. The van der Waals surface area contributed by atoms with Crippen LogP contribution in [0.4, 0.5) is 0 Å². The average Bonchev–Trinajstić information content (AvgIpc) is 2.76. The minimum Gasteiger partial charge on any atom is -0.343 e. The first-order chi connectivity index (χ1) is 9.49. The Morgan fingerprint density at radius 2 is 1.75 bits per heavy atom. The van der Waals surface area contributed by atoms with Crippen LogP contribution in [-0.2, 0) is 4.79 Å². The van der Waals surface area contributed by atoms with E-state index in [0.717, 1.165) is 11.3 Å². The van der Waals surface area contributed by atoms with Crippen molar-refractivity contribution >= 4 is 29.4 Å². The number of nitrogen functional groups attached to an aromatic ring is 1. The quantitative estimate of drug-likeness (QED) is 0.446. The summed E-state index contributed by atoms with van der Waals surface area (Å²) in [5.74, 6) is 7.06. The molecule has 1 heterocycles. The third kappa shape index (κ3) is 4.75. The predicted molar refractivity (Wildman–Crippen MR) is 84.4 cm³/mol. The van der Waals surface area contributed by atoms with Gasteiger partial charge >= 0.3 is 0 Å². The molecular weight excluding hydrogens is 294 g/mol. The van der Waals surface area contributed by atoms with E-state index in [-0.39, 0.29) is 5.91 Å². The minimum atomic E-state index is 0.0825. The van der Waals surface area contributed by atoms with E-state index in [1.165, 1.54) is 28.2 Å². The summed E-state index contributed by atoms with van der Waals surface area (Å²) in [4.78, 5) is 13.7. The summed E-state index contributed by atoms with van der Waals surface area (Å²) in [5.41, 5.74) is 1.05. The molecule has 0 saturated heterocycles. The lowest BCUT2D eigenvalue weighted by atomic mass is 10.4. The minimum absolute atomic E-state index is 0.0825. The fraction of sp³-hybridized carbons (Fsp3) is 0.583. The zero-order valence-electron chi connectivity index (χ0n) is 12.1. The standard InChI is InChI=1S/C12H21N5OS2/c1-5-16(6-2)10(18)8-20-12-15-14-11(17(12)13)19-7-9(3)4/h3,5-8,13H2,1-2,4H3. The second-order valence-corrected chi connectivity index (χ2v) is 6.12. The molecule has 1 aromatic rings. The number of nitrogens with two attached hydrogens (primary N) is 1. The maximum Gasteiger partial charge on any atom is 0.233 e. The van der Waals surface area contributed by atoms with Gasteiger partial charge in [-0.15, -0.1) is 10.2 Å². The number of aromatic nitrogens is 3. The van der Waals surface area contributed by atoms with Gasteiger partial charge in [-0.05, 0) is 20.8 Å². The molecule has 20 heavy (non-hydrogen) atoms. The van der Waals surface area contributed by atoms with E-state index in [0.29, 0.717) is 29.2 Å². The van der Waals surface area contributed by atoms with E-state index >= 15 is 0 Å². The molecule has 112 valence electrons. The lowest BCUT2D eigenvalue weighted by Gasteiger charge is -2.17. The van der Waals surface area contributed by atoms with Crippen molar-refractivity contribution in [2.24, 2.45) is 0 Å². The zero-order valence-corrected chi connectivity index (χ0v) is 13.8. The number of rotatable bonds is 8. The third-order valence-corrected chi connectivity index (χ3v) is 4.62. The first-order valence-electron chi connectivity index (χ1n) is 6.37. The number of nitrogens with zero attached hydrogens (tertiary/aromatic N) is 4. The summed E-state index contributed by atoms with van der Waals surface area (Å²) in [5, 5.41) is 9.20. The van der Waals surface area contributed by atoms with Gasteiger partial charge in [0.05, 0.1) is 5.75 Å². The molecular formula is C12H21N5OS2. The van der Waals surface area contributed by atoms with Crippen LogP contribution in [0.15, 0.2) is 22.5 Å². The van der Waals surface area contributed by atoms with Crippen molar-refractivity contribution in [3.05, 3.63) is 12.2 Å². The van der Waals surface area contributed by atoms with Gasteiger partial charge in [-0.25, -0.2) is 4.68 Å². The smallest absolute Gasteiger partial charge is 0.233 e. The third-order valence-electron chi connectivity index (χ3n) is 2.52. The SMILES string of the molecule is C=C(C)CSc1nnc(SCC(=O)N(CC)CC)n1N. The Balaban J connectivity index is 2.57. The van der Waals surface area contributed by atoms with Crippen LogP contribution in [0.3, 0.4) is 0 Å². The molecule has 0 aliphatic carbocycles. The van der Waals surface area contributed by atoms with Crippen molar-refractivity contribution in [1.29, 1.82) is 0 Å². The Bertz CT molecular complexity index is 470. The Morgan fingerprint density at radius 1 is 1.25 bits per heavy atom. The fourth-order valence-electron chi connectivity index (χ4n) is 1.44. The topological polar surface area (TPSA) is 77.0 Å². The molecule has 0 fully saturated rings. The maximum atomic E-state index is 11.9. The van der Waals surface area contributed by atoms with Crippen molar-refractivity contribution in [3.63, 3.8) is 0 Å². The van der Waals surface area contributed by atoms with Gasteiger partial charge in [-0.2, -0.15) is 0 Å². The zero-order chi connectivity index (χ0) is 15.1. The van der Waals surface area contributed by atoms with E-state index < -0.39 is 0 Å². The monoisotopic (exact) mass is 315 g/mol. The van der Waals surface area contributed by atoms with E-state index in [4.69, 9.17) is 5.84 Å². The Kier molecular flexibility index (Phi) is 6.94. The van der Waals surface area contributed by atoms with Crippen LogP contribution in [-0.4, -0.2) is 50.3 Å². The van der Waals surface area contributed by atoms with Crippen LogP contribution < -0.4 is 5.84 Å². The number of amides is 1. The summed E-state index contributed by atoms with van der Waals surface area (Å²) in [6, 6.07) is 0. The molecule has 2 N–H and O–H groups in total. The van der Waals surface area contributed by atoms with Gasteiger partial charge in [0.15, 0.2) is 0 Å². The lowest BCUT2D eigenvalue weighted by molar-refractivity contribution is -0.127. The number of carbonyl (C=O) groups is 1. The molecule has 1 rings (SSSR count). The van der Waals surface area contributed by atoms with Gasteiger partial charge in [0, 0.05) is 18.8 Å². The Morgan fingerprint density at radius 3 is 2.20 bits per heavy atom.